The molecule has 0 aliphatic heterocycles. The third-order valence-corrected chi connectivity index (χ3v) is 15.0. The van der Waals surface area contributed by atoms with Gasteiger partial charge in [0.25, 0.3) is 0 Å². The molecule has 0 radical (unpaired) electrons. The van der Waals surface area contributed by atoms with Crippen molar-refractivity contribution in [3.63, 3.8) is 0 Å². The van der Waals surface area contributed by atoms with Gasteiger partial charge in [-0.25, -0.2) is 0 Å². The van der Waals surface area contributed by atoms with Crippen molar-refractivity contribution in [3.8, 4) is 39.1 Å². The van der Waals surface area contributed by atoms with Crippen molar-refractivity contribution in [1.29, 1.82) is 0 Å². The number of para-hydroxylation sites is 1. The monoisotopic (exact) mass is 902 g/mol. The van der Waals surface area contributed by atoms with E-state index in [0.29, 0.717) is 0 Å². The largest absolute Gasteiger partial charge is 0.310 e. The fourth-order valence-electron chi connectivity index (χ4n) is 11.9. The Kier molecular flexibility index (Phi) is 9.47. The third kappa shape index (κ3) is 6.42. The van der Waals surface area contributed by atoms with E-state index in [9.17, 15) is 0 Å². The molecule has 332 valence electrons. The van der Waals surface area contributed by atoms with E-state index in [2.05, 4.69) is 289 Å². The van der Waals surface area contributed by atoms with Gasteiger partial charge in [0.1, 0.15) is 0 Å². The number of rotatable bonds is 8. The summed E-state index contributed by atoms with van der Waals surface area (Å²) in [6, 6.07) is 103. The quantitative estimate of drug-likeness (QED) is 0.147. The van der Waals surface area contributed by atoms with Crippen molar-refractivity contribution in [2.45, 2.75) is 5.41 Å². The SMILES string of the molecule is c1ccc(C2(c3ccccc3)c3ccccc3-c3cc(-n4c5ccccc5c5ccc(-c6ccccc6-c6cccc(N(c7ccc8ccccc8c7)c7cccc8ccccc78)c6)cc54)ccc32)cc1. The minimum absolute atomic E-state index is 0.455. The van der Waals surface area contributed by atoms with Crippen LogP contribution in [-0.2, 0) is 5.41 Å². The van der Waals surface area contributed by atoms with Crippen molar-refractivity contribution in [1.82, 2.24) is 4.57 Å². The smallest absolute Gasteiger partial charge is 0.0713 e. The Hall–Kier alpha value is -9.24. The molecule has 0 N–H and O–H groups in total. The fraction of sp³-hybridized carbons (Fsp3) is 0.0145. The first kappa shape index (κ1) is 40.8. The van der Waals surface area contributed by atoms with Crippen LogP contribution < -0.4 is 4.90 Å². The average molecular weight is 903 g/mol. The molecular weight excluding hydrogens is 857 g/mol. The van der Waals surface area contributed by atoms with Gasteiger partial charge in [-0.2, -0.15) is 0 Å². The lowest BCUT2D eigenvalue weighted by Crippen LogP contribution is -2.28. The van der Waals surface area contributed by atoms with Crippen LogP contribution in [0, 0.1) is 0 Å². The normalized spacial score (nSPS) is 12.6. The number of hydrogen-bond acceptors (Lipinski definition) is 1. The summed E-state index contributed by atoms with van der Waals surface area (Å²) < 4.78 is 2.48. The maximum absolute atomic E-state index is 2.48. The molecule has 2 heteroatoms. The van der Waals surface area contributed by atoms with Gasteiger partial charge in [0.15, 0.2) is 0 Å². The molecular formula is C69H46N2. The highest BCUT2D eigenvalue weighted by atomic mass is 15.1. The summed E-state index contributed by atoms with van der Waals surface area (Å²) in [6.07, 6.45) is 0. The van der Waals surface area contributed by atoms with E-state index < -0.39 is 5.41 Å². The lowest BCUT2D eigenvalue weighted by Gasteiger charge is -2.33. The van der Waals surface area contributed by atoms with Crippen molar-refractivity contribution < 1.29 is 0 Å². The lowest BCUT2D eigenvalue weighted by atomic mass is 9.68. The molecule has 0 saturated heterocycles. The fourth-order valence-corrected chi connectivity index (χ4v) is 11.9. The molecule has 0 atom stereocenters. The number of nitrogens with zero attached hydrogens (tertiary/aromatic N) is 2. The summed E-state index contributed by atoms with van der Waals surface area (Å²) in [5.41, 5.74) is 18.8. The summed E-state index contributed by atoms with van der Waals surface area (Å²) in [6.45, 7) is 0. The van der Waals surface area contributed by atoms with Crippen LogP contribution in [0.3, 0.4) is 0 Å². The Balaban J connectivity index is 0.928. The van der Waals surface area contributed by atoms with Gasteiger partial charge in [-0.15, -0.1) is 0 Å². The maximum atomic E-state index is 2.48. The van der Waals surface area contributed by atoms with Crippen molar-refractivity contribution in [3.05, 3.63) is 301 Å². The van der Waals surface area contributed by atoms with Gasteiger partial charge in [0, 0.05) is 33.2 Å². The molecule has 0 saturated carbocycles. The summed E-state index contributed by atoms with van der Waals surface area (Å²) in [4.78, 5) is 2.42. The van der Waals surface area contributed by atoms with Crippen LogP contribution in [0.1, 0.15) is 22.3 Å². The summed E-state index contributed by atoms with van der Waals surface area (Å²) in [5, 5.41) is 7.32. The molecule has 0 unspecified atom stereocenters. The minimum atomic E-state index is -0.455. The zero-order chi connectivity index (χ0) is 46.9. The van der Waals surface area contributed by atoms with Gasteiger partial charge in [0.05, 0.1) is 22.1 Å². The Morgan fingerprint density at radius 3 is 1.66 bits per heavy atom. The Morgan fingerprint density at radius 2 is 0.873 bits per heavy atom. The molecule has 1 aromatic heterocycles. The van der Waals surface area contributed by atoms with Gasteiger partial charge in [0.2, 0.25) is 0 Å². The van der Waals surface area contributed by atoms with Crippen LogP contribution in [0.2, 0.25) is 0 Å². The van der Waals surface area contributed by atoms with Gasteiger partial charge >= 0.3 is 0 Å². The molecule has 1 aliphatic carbocycles. The highest BCUT2D eigenvalue weighted by Gasteiger charge is 2.46. The molecule has 14 rings (SSSR count). The maximum Gasteiger partial charge on any atom is 0.0713 e. The van der Waals surface area contributed by atoms with Crippen LogP contribution in [0.5, 0.6) is 0 Å². The molecule has 13 aromatic rings. The Morgan fingerprint density at radius 1 is 0.296 bits per heavy atom. The number of benzene rings is 12. The minimum Gasteiger partial charge on any atom is -0.310 e. The van der Waals surface area contributed by atoms with Crippen LogP contribution in [-0.4, -0.2) is 4.57 Å². The van der Waals surface area contributed by atoms with Gasteiger partial charge in [-0.3, -0.25) is 0 Å². The predicted octanol–water partition coefficient (Wildman–Crippen LogP) is 18.3. The number of hydrogen-bond donors (Lipinski definition) is 0. The van der Waals surface area contributed by atoms with Crippen molar-refractivity contribution >= 4 is 60.4 Å². The third-order valence-electron chi connectivity index (χ3n) is 15.0. The summed E-state index contributed by atoms with van der Waals surface area (Å²) in [5.74, 6) is 0. The first-order valence-electron chi connectivity index (χ1n) is 24.6. The zero-order valence-electron chi connectivity index (χ0n) is 39.0. The van der Waals surface area contributed by atoms with Crippen molar-refractivity contribution in [2.24, 2.45) is 0 Å². The molecule has 1 heterocycles. The molecule has 0 spiro atoms. The molecule has 0 amide bonds. The van der Waals surface area contributed by atoms with Gasteiger partial charge in [-0.1, -0.05) is 224 Å². The van der Waals surface area contributed by atoms with E-state index in [-0.39, 0.29) is 0 Å². The molecule has 0 fully saturated rings. The average Bonchev–Trinajstić information content (AvgIpc) is 3.94. The highest BCUT2D eigenvalue weighted by Crippen LogP contribution is 2.56. The zero-order valence-corrected chi connectivity index (χ0v) is 39.0. The molecule has 1 aliphatic rings. The van der Waals surface area contributed by atoms with E-state index in [1.54, 1.807) is 0 Å². The number of anilines is 3. The molecule has 71 heavy (non-hydrogen) atoms. The van der Waals surface area contributed by atoms with Crippen LogP contribution >= 0.6 is 0 Å². The van der Waals surface area contributed by atoms with Crippen molar-refractivity contribution in [2.75, 3.05) is 4.90 Å². The van der Waals surface area contributed by atoms with E-state index in [0.717, 1.165) is 28.3 Å². The topological polar surface area (TPSA) is 8.17 Å². The van der Waals surface area contributed by atoms with Crippen LogP contribution in [0.25, 0.3) is 82.4 Å². The van der Waals surface area contributed by atoms with Crippen LogP contribution in [0.4, 0.5) is 17.1 Å². The number of aromatic nitrogens is 1. The second-order valence-electron chi connectivity index (χ2n) is 18.8. The first-order valence-corrected chi connectivity index (χ1v) is 24.6. The second kappa shape index (κ2) is 16.5. The molecule has 2 nitrogen and oxygen atoms in total. The number of fused-ring (bicyclic) bond motifs is 8. The molecule has 0 bridgehead atoms. The van der Waals surface area contributed by atoms with Crippen LogP contribution in [0.15, 0.2) is 279 Å². The Bertz CT molecular complexity index is 4140. The highest BCUT2D eigenvalue weighted by molar-refractivity contribution is 6.11. The van der Waals surface area contributed by atoms with E-state index in [4.69, 9.17) is 0 Å². The van der Waals surface area contributed by atoms with E-state index in [1.807, 2.05) is 0 Å². The van der Waals surface area contributed by atoms with Gasteiger partial charge < -0.3 is 9.47 Å². The molecule has 12 aromatic carbocycles. The van der Waals surface area contributed by atoms with Gasteiger partial charge in [-0.05, 0) is 126 Å². The first-order chi connectivity index (χ1) is 35.2. The van der Waals surface area contributed by atoms with E-state index in [1.165, 1.54) is 93.4 Å². The van der Waals surface area contributed by atoms with E-state index >= 15 is 0 Å². The lowest BCUT2D eigenvalue weighted by molar-refractivity contribution is 0.768. The summed E-state index contributed by atoms with van der Waals surface area (Å²) >= 11 is 0. The standard InChI is InChI=1S/C69H46N2/c1-3-24-52(25-4-1)69(53-26-5-2-6-27-53)64-34-15-13-32-60(64)63-46-56(40-42-65(63)69)71-67-35-16-14-33-61(67)62-41-38-51(45-68(62)71)58-30-12-11-29-57(58)50-23-17-28-54(44-50)70(55-39-37-47-19-7-8-21-49(47)43-55)66-36-18-22-48-20-9-10-31-59(48)66/h1-46H. The summed E-state index contributed by atoms with van der Waals surface area (Å²) in [7, 11) is 0. The Labute approximate surface area is 413 Å². The predicted molar refractivity (Wildman–Crippen MR) is 299 cm³/mol. The second-order valence-corrected chi connectivity index (χ2v) is 18.8.